The molecule has 0 aliphatic heterocycles. The van der Waals surface area contributed by atoms with Gasteiger partial charge in [-0.05, 0) is 24.5 Å². The summed E-state index contributed by atoms with van der Waals surface area (Å²) in [6.45, 7) is 4.08. The SMILES string of the molecule is CCCNc1cc(C(C)C)nc2c(OC(F)F)cccc12. The Balaban J connectivity index is 2.59. The summed E-state index contributed by atoms with van der Waals surface area (Å²) in [5, 5.41) is 4.13. The highest BCUT2D eigenvalue weighted by Gasteiger charge is 2.14. The monoisotopic (exact) mass is 294 g/mol. The topological polar surface area (TPSA) is 34.2 Å². The number of aromatic nitrogens is 1. The number of halogens is 2. The standard InChI is InChI=1S/C16H20F2N2O/c1-4-8-19-13-9-12(10(2)3)20-15-11(13)6-5-7-14(15)21-16(17)18/h5-7,9-10,16H,4,8H2,1-3H3,(H,19,20). The van der Waals surface area contributed by atoms with Gasteiger partial charge in [-0.2, -0.15) is 8.78 Å². The molecular weight excluding hydrogens is 274 g/mol. The zero-order valence-corrected chi connectivity index (χ0v) is 12.5. The van der Waals surface area contributed by atoms with Crippen molar-refractivity contribution in [2.75, 3.05) is 11.9 Å². The van der Waals surface area contributed by atoms with E-state index < -0.39 is 6.61 Å². The molecule has 2 aromatic rings. The van der Waals surface area contributed by atoms with E-state index in [1.807, 2.05) is 26.0 Å². The number of hydrogen-bond donors (Lipinski definition) is 1. The number of pyridine rings is 1. The van der Waals surface area contributed by atoms with Crippen molar-refractivity contribution in [2.24, 2.45) is 0 Å². The van der Waals surface area contributed by atoms with Crippen molar-refractivity contribution >= 4 is 16.6 Å². The van der Waals surface area contributed by atoms with Gasteiger partial charge in [0.15, 0.2) is 5.75 Å². The summed E-state index contributed by atoms with van der Waals surface area (Å²) in [4.78, 5) is 4.50. The molecule has 0 spiro atoms. The molecule has 1 aromatic carbocycles. The van der Waals surface area contributed by atoms with Gasteiger partial charge >= 0.3 is 6.61 Å². The number of hydrogen-bond acceptors (Lipinski definition) is 3. The molecule has 0 aliphatic carbocycles. The molecule has 3 nitrogen and oxygen atoms in total. The van der Waals surface area contributed by atoms with E-state index in [4.69, 9.17) is 0 Å². The van der Waals surface area contributed by atoms with E-state index in [1.54, 1.807) is 6.07 Å². The molecule has 0 fully saturated rings. The van der Waals surface area contributed by atoms with Crippen molar-refractivity contribution in [1.29, 1.82) is 0 Å². The summed E-state index contributed by atoms with van der Waals surface area (Å²) in [6, 6.07) is 7.07. The van der Waals surface area contributed by atoms with Gasteiger partial charge in [0.1, 0.15) is 5.52 Å². The summed E-state index contributed by atoms with van der Waals surface area (Å²) >= 11 is 0. The van der Waals surface area contributed by atoms with Crippen molar-refractivity contribution in [2.45, 2.75) is 39.7 Å². The lowest BCUT2D eigenvalue weighted by molar-refractivity contribution is -0.0489. The number of benzene rings is 1. The summed E-state index contributed by atoms with van der Waals surface area (Å²) in [5.74, 6) is 0.320. The van der Waals surface area contributed by atoms with E-state index in [1.165, 1.54) is 6.07 Å². The molecule has 0 unspecified atom stereocenters. The third kappa shape index (κ3) is 3.60. The van der Waals surface area contributed by atoms with Crippen LogP contribution in [0.3, 0.4) is 0 Å². The number of rotatable bonds is 6. The largest absolute Gasteiger partial charge is 0.432 e. The number of anilines is 1. The quantitative estimate of drug-likeness (QED) is 0.832. The second kappa shape index (κ2) is 6.70. The number of para-hydroxylation sites is 1. The van der Waals surface area contributed by atoms with E-state index in [0.29, 0.717) is 5.52 Å². The lowest BCUT2D eigenvalue weighted by atomic mass is 10.1. The van der Waals surface area contributed by atoms with Crippen LogP contribution in [0.25, 0.3) is 10.9 Å². The molecule has 0 saturated carbocycles. The molecule has 0 atom stereocenters. The molecule has 1 heterocycles. The molecule has 1 N–H and O–H groups in total. The van der Waals surface area contributed by atoms with Gasteiger partial charge in [0.05, 0.1) is 0 Å². The first-order chi connectivity index (χ1) is 10.0. The van der Waals surface area contributed by atoms with Crippen LogP contribution >= 0.6 is 0 Å². The normalized spacial score (nSPS) is 11.4. The van der Waals surface area contributed by atoms with Crippen LogP contribution < -0.4 is 10.1 Å². The van der Waals surface area contributed by atoms with Crippen molar-refractivity contribution < 1.29 is 13.5 Å². The molecule has 0 aliphatic rings. The summed E-state index contributed by atoms with van der Waals surface area (Å²) in [6.07, 6.45) is 0.980. The van der Waals surface area contributed by atoms with Gasteiger partial charge in [-0.25, -0.2) is 4.98 Å². The summed E-state index contributed by atoms with van der Waals surface area (Å²) < 4.78 is 29.7. The van der Waals surface area contributed by atoms with Crippen molar-refractivity contribution in [3.8, 4) is 5.75 Å². The van der Waals surface area contributed by atoms with Crippen LogP contribution in [0.15, 0.2) is 24.3 Å². The van der Waals surface area contributed by atoms with E-state index >= 15 is 0 Å². The predicted octanol–water partition coefficient (Wildman–Crippen LogP) is 4.78. The Morgan fingerprint density at radius 2 is 2.05 bits per heavy atom. The van der Waals surface area contributed by atoms with Crippen molar-refractivity contribution in [3.05, 3.63) is 30.0 Å². The second-order valence-electron chi connectivity index (χ2n) is 5.21. The summed E-state index contributed by atoms with van der Waals surface area (Å²) in [5.41, 5.74) is 2.24. The van der Waals surface area contributed by atoms with Crippen LogP contribution in [0, 0.1) is 0 Å². The third-order valence-electron chi connectivity index (χ3n) is 3.20. The first-order valence-electron chi connectivity index (χ1n) is 7.15. The van der Waals surface area contributed by atoms with Crippen LogP contribution in [0.2, 0.25) is 0 Å². The fourth-order valence-corrected chi connectivity index (χ4v) is 2.13. The minimum Gasteiger partial charge on any atom is -0.432 e. The fourth-order valence-electron chi connectivity index (χ4n) is 2.13. The Morgan fingerprint density at radius 3 is 2.67 bits per heavy atom. The Morgan fingerprint density at radius 1 is 1.29 bits per heavy atom. The van der Waals surface area contributed by atoms with Gasteiger partial charge in [0, 0.05) is 23.3 Å². The molecule has 2 rings (SSSR count). The van der Waals surface area contributed by atoms with E-state index in [0.717, 1.165) is 29.7 Å². The average molecular weight is 294 g/mol. The Kier molecular flexibility index (Phi) is 4.94. The number of alkyl halides is 2. The highest BCUT2D eigenvalue weighted by molar-refractivity contribution is 5.95. The van der Waals surface area contributed by atoms with Gasteiger partial charge in [-0.3, -0.25) is 0 Å². The maximum absolute atomic E-state index is 12.5. The average Bonchev–Trinajstić information content (AvgIpc) is 2.44. The molecule has 5 heteroatoms. The van der Waals surface area contributed by atoms with E-state index in [9.17, 15) is 8.78 Å². The van der Waals surface area contributed by atoms with Gasteiger partial charge in [-0.15, -0.1) is 0 Å². The molecule has 0 bridgehead atoms. The lowest BCUT2D eigenvalue weighted by Gasteiger charge is -2.15. The maximum Gasteiger partial charge on any atom is 0.387 e. The maximum atomic E-state index is 12.5. The second-order valence-corrected chi connectivity index (χ2v) is 5.21. The minimum atomic E-state index is -2.85. The van der Waals surface area contributed by atoms with Gasteiger partial charge in [0.25, 0.3) is 0 Å². The third-order valence-corrected chi connectivity index (χ3v) is 3.20. The van der Waals surface area contributed by atoms with E-state index in [2.05, 4.69) is 22.0 Å². The Bertz CT molecular complexity index is 614. The molecule has 0 saturated heterocycles. The predicted molar refractivity (Wildman–Crippen MR) is 81.2 cm³/mol. The van der Waals surface area contributed by atoms with Crippen LogP contribution in [0.4, 0.5) is 14.5 Å². The van der Waals surface area contributed by atoms with E-state index in [-0.39, 0.29) is 11.7 Å². The lowest BCUT2D eigenvalue weighted by Crippen LogP contribution is -2.06. The van der Waals surface area contributed by atoms with Crippen molar-refractivity contribution in [3.63, 3.8) is 0 Å². The van der Waals surface area contributed by atoms with Crippen LogP contribution in [-0.2, 0) is 0 Å². The van der Waals surface area contributed by atoms with Gasteiger partial charge in [0.2, 0.25) is 0 Å². The molecule has 0 amide bonds. The highest BCUT2D eigenvalue weighted by Crippen LogP contribution is 2.32. The fraction of sp³-hybridized carbons (Fsp3) is 0.438. The van der Waals surface area contributed by atoms with Crippen molar-refractivity contribution in [1.82, 2.24) is 4.98 Å². The Hall–Kier alpha value is -1.91. The number of nitrogens with zero attached hydrogens (tertiary/aromatic N) is 1. The minimum absolute atomic E-state index is 0.115. The number of nitrogens with one attached hydrogen (secondary N) is 1. The molecule has 114 valence electrons. The highest BCUT2D eigenvalue weighted by atomic mass is 19.3. The van der Waals surface area contributed by atoms with Gasteiger partial charge in [-0.1, -0.05) is 32.9 Å². The summed E-state index contributed by atoms with van der Waals surface area (Å²) in [7, 11) is 0. The Labute approximate surface area is 123 Å². The van der Waals surface area contributed by atoms with Gasteiger partial charge < -0.3 is 10.1 Å². The zero-order chi connectivity index (χ0) is 15.4. The first-order valence-corrected chi connectivity index (χ1v) is 7.15. The first kappa shape index (κ1) is 15.5. The molecule has 0 radical (unpaired) electrons. The molecular formula is C16H20F2N2O. The number of fused-ring (bicyclic) bond motifs is 1. The number of ether oxygens (including phenoxy) is 1. The van der Waals surface area contributed by atoms with Crippen LogP contribution in [0.5, 0.6) is 5.75 Å². The van der Waals surface area contributed by atoms with Crippen LogP contribution in [0.1, 0.15) is 38.8 Å². The van der Waals surface area contributed by atoms with Crippen LogP contribution in [-0.4, -0.2) is 18.1 Å². The molecule has 21 heavy (non-hydrogen) atoms. The zero-order valence-electron chi connectivity index (χ0n) is 12.5. The molecule has 1 aromatic heterocycles. The smallest absolute Gasteiger partial charge is 0.387 e.